The second-order valence-electron chi connectivity index (χ2n) is 6.29. The van der Waals surface area contributed by atoms with E-state index in [1.54, 1.807) is 12.1 Å². The third-order valence-electron chi connectivity index (χ3n) is 4.13. The summed E-state index contributed by atoms with van der Waals surface area (Å²) in [5.41, 5.74) is 2.88. The Hall–Kier alpha value is -2.22. The summed E-state index contributed by atoms with van der Waals surface area (Å²) in [5, 5.41) is 12.5. The first-order valence-corrected chi connectivity index (χ1v) is 10.2. The SMILES string of the molecule is Cc1ccc(-c2nnc(SCC(=O)NC(C)c3ccc(Cl)c(Cl)c3)n2N)cc1. The molecule has 0 saturated heterocycles. The van der Waals surface area contributed by atoms with Crippen molar-refractivity contribution in [1.82, 2.24) is 20.2 Å². The molecule has 0 bridgehead atoms. The van der Waals surface area contributed by atoms with Gasteiger partial charge < -0.3 is 11.2 Å². The number of amides is 1. The average molecular weight is 436 g/mol. The minimum absolute atomic E-state index is 0.150. The molecule has 3 rings (SSSR count). The fourth-order valence-corrected chi connectivity index (χ4v) is 3.53. The van der Waals surface area contributed by atoms with Crippen molar-refractivity contribution in [1.29, 1.82) is 0 Å². The van der Waals surface area contributed by atoms with Crippen molar-refractivity contribution in [2.45, 2.75) is 25.0 Å². The molecule has 0 aliphatic carbocycles. The molecule has 1 unspecified atom stereocenters. The first-order valence-electron chi connectivity index (χ1n) is 8.50. The number of nitrogens with zero attached hydrogens (tertiary/aromatic N) is 3. The van der Waals surface area contributed by atoms with Gasteiger partial charge in [-0.2, -0.15) is 0 Å². The molecule has 1 aromatic heterocycles. The minimum Gasteiger partial charge on any atom is -0.349 e. The van der Waals surface area contributed by atoms with Gasteiger partial charge in [0.05, 0.1) is 21.8 Å². The third-order valence-corrected chi connectivity index (χ3v) is 5.81. The second kappa shape index (κ2) is 8.86. The van der Waals surface area contributed by atoms with Crippen LogP contribution in [0.1, 0.15) is 24.1 Å². The monoisotopic (exact) mass is 435 g/mol. The number of benzene rings is 2. The molecule has 1 amide bonds. The van der Waals surface area contributed by atoms with Crippen molar-refractivity contribution < 1.29 is 4.79 Å². The lowest BCUT2D eigenvalue weighted by atomic mass is 10.1. The van der Waals surface area contributed by atoms with Gasteiger partial charge in [-0.15, -0.1) is 10.2 Å². The topological polar surface area (TPSA) is 85.8 Å². The highest BCUT2D eigenvalue weighted by atomic mass is 35.5. The zero-order valence-electron chi connectivity index (χ0n) is 15.3. The standard InChI is InChI=1S/C19H19Cl2N5OS/c1-11-3-5-13(6-4-11)18-24-25-19(26(18)22)28-10-17(27)23-12(2)14-7-8-15(20)16(21)9-14/h3-9,12H,10,22H2,1-2H3,(H,23,27). The van der Waals surface area contributed by atoms with E-state index in [1.165, 1.54) is 16.4 Å². The summed E-state index contributed by atoms with van der Waals surface area (Å²) in [6, 6.07) is 12.9. The largest absolute Gasteiger partial charge is 0.349 e. The molecule has 3 aromatic rings. The summed E-state index contributed by atoms with van der Waals surface area (Å²) in [6.07, 6.45) is 0. The summed E-state index contributed by atoms with van der Waals surface area (Å²) >= 11 is 13.2. The van der Waals surface area contributed by atoms with Crippen LogP contribution in [0.25, 0.3) is 11.4 Å². The van der Waals surface area contributed by atoms with E-state index in [0.29, 0.717) is 21.0 Å². The smallest absolute Gasteiger partial charge is 0.230 e. The van der Waals surface area contributed by atoms with Crippen LogP contribution in [0.4, 0.5) is 0 Å². The first kappa shape index (κ1) is 20.5. The van der Waals surface area contributed by atoms with Crippen molar-refractivity contribution in [3.63, 3.8) is 0 Å². The van der Waals surface area contributed by atoms with Gasteiger partial charge in [-0.05, 0) is 31.5 Å². The zero-order valence-corrected chi connectivity index (χ0v) is 17.6. The number of carbonyl (C=O) groups excluding carboxylic acids is 1. The van der Waals surface area contributed by atoms with Gasteiger partial charge in [-0.25, -0.2) is 4.68 Å². The van der Waals surface area contributed by atoms with Crippen molar-refractivity contribution >= 4 is 40.9 Å². The van der Waals surface area contributed by atoms with Crippen molar-refractivity contribution in [3.05, 3.63) is 63.6 Å². The Labute approximate surface area is 177 Å². The fourth-order valence-electron chi connectivity index (χ4n) is 2.55. The van der Waals surface area contributed by atoms with E-state index in [2.05, 4.69) is 15.5 Å². The quantitative estimate of drug-likeness (QED) is 0.446. The number of nitrogen functional groups attached to an aromatic ring is 1. The van der Waals surface area contributed by atoms with E-state index in [4.69, 9.17) is 29.0 Å². The average Bonchev–Trinajstić information content (AvgIpc) is 3.03. The lowest BCUT2D eigenvalue weighted by Gasteiger charge is -2.14. The number of nitrogens with two attached hydrogens (primary N) is 1. The molecule has 0 aliphatic rings. The molecule has 0 fully saturated rings. The molecule has 28 heavy (non-hydrogen) atoms. The number of rotatable bonds is 6. The fraction of sp³-hybridized carbons (Fsp3) is 0.211. The van der Waals surface area contributed by atoms with Crippen LogP contribution in [0.3, 0.4) is 0 Å². The van der Waals surface area contributed by atoms with E-state index in [9.17, 15) is 4.79 Å². The zero-order chi connectivity index (χ0) is 20.3. The van der Waals surface area contributed by atoms with E-state index < -0.39 is 0 Å². The molecule has 6 nitrogen and oxygen atoms in total. The number of nitrogens with one attached hydrogen (secondary N) is 1. The molecule has 0 radical (unpaired) electrons. The van der Waals surface area contributed by atoms with Gasteiger partial charge in [-0.3, -0.25) is 4.79 Å². The summed E-state index contributed by atoms with van der Waals surface area (Å²) < 4.78 is 1.39. The van der Waals surface area contributed by atoms with Crippen LogP contribution in [0.2, 0.25) is 10.0 Å². The molecule has 146 valence electrons. The Morgan fingerprint density at radius 2 is 1.89 bits per heavy atom. The van der Waals surface area contributed by atoms with Gasteiger partial charge in [0.15, 0.2) is 5.82 Å². The van der Waals surface area contributed by atoms with Gasteiger partial charge in [-0.1, -0.05) is 70.9 Å². The molecule has 1 heterocycles. The molecule has 2 aromatic carbocycles. The maximum absolute atomic E-state index is 12.3. The maximum Gasteiger partial charge on any atom is 0.230 e. The van der Waals surface area contributed by atoms with Gasteiger partial charge in [0, 0.05) is 5.56 Å². The lowest BCUT2D eigenvalue weighted by molar-refractivity contribution is -0.119. The molecular formula is C19H19Cl2N5OS. The van der Waals surface area contributed by atoms with E-state index >= 15 is 0 Å². The molecule has 1 atom stereocenters. The Kier molecular flexibility index (Phi) is 6.49. The number of aryl methyl sites for hydroxylation is 1. The van der Waals surface area contributed by atoms with Gasteiger partial charge in [0.25, 0.3) is 0 Å². The maximum atomic E-state index is 12.3. The molecular weight excluding hydrogens is 417 g/mol. The van der Waals surface area contributed by atoms with Crippen molar-refractivity contribution in [2.75, 3.05) is 11.6 Å². The van der Waals surface area contributed by atoms with E-state index in [-0.39, 0.29) is 17.7 Å². The van der Waals surface area contributed by atoms with Crippen LogP contribution in [0.15, 0.2) is 47.6 Å². The minimum atomic E-state index is -0.207. The van der Waals surface area contributed by atoms with E-state index in [0.717, 1.165) is 16.7 Å². The van der Waals surface area contributed by atoms with Crippen LogP contribution in [-0.2, 0) is 4.79 Å². The molecule has 0 saturated carbocycles. The summed E-state index contributed by atoms with van der Waals surface area (Å²) in [7, 11) is 0. The second-order valence-corrected chi connectivity index (χ2v) is 8.05. The third kappa shape index (κ3) is 4.79. The lowest BCUT2D eigenvalue weighted by Crippen LogP contribution is -2.28. The summed E-state index contributed by atoms with van der Waals surface area (Å²) in [5.74, 6) is 6.65. The molecule has 9 heteroatoms. The van der Waals surface area contributed by atoms with Crippen LogP contribution in [0.5, 0.6) is 0 Å². The van der Waals surface area contributed by atoms with Gasteiger partial charge in [0.1, 0.15) is 0 Å². The number of aromatic nitrogens is 3. The number of hydrogen-bond acceptors (Lipinski definition) is 5. The Balaban J connectivity index is 1.60. The molecule has 0 spiro atoms. The van der Waals surface area contributed by atoms with Crippen LogP contribution < -0.4 is 11.2 Å². The van der Waals surface area contributed by atoms with Crippen LogP contribution >= 0.6 is 35.0 Å². The normalized spacial score (nSPS) is 12.0. The van der Waals surface area contributed by atoms with Gasteiger partial charge in [0.2, 0.25) is 11.1 Å². The highest BCUT2D eigenvalue weighted by molar-refractivity contribution is 7.99. The Morgan fingerprint density at radius 3 is 2.57 bits per heavy atom. The predicted octanol–water partition coefficient (Wildman–Crippen LogP) is 4.24. The number of thioether (sulfide) groups is 1. The number of halogens is 2. The first-order chi connectivity index (χ1) is 13.3. The highest BCUT2D eigenvalue weighted by Crippen LogP contribution is 2.26. The number of hydrogen-bond donors (Lipinski definition) is 2. The number of carbonyl (C=O) groups is 1. The van der Waals surface area contributed by atoms with Crippen molar-refractivity contribution in [2.24, 2.45) is 0 Å². The predicted molar refractivity (Wildman–Crippen MR) is 114 cm³/mol. The summed E-state index contributed by atoms with van der Waals surface area (Å²) in [6.45, 7) is 3.89. The molecule has 3 N–H and O–H groups in total. The van der Waals surface area contributed by atoms with Crippen LogP contribution in [-0.4, -0.2) is 26.5 Å². The Morgan fingerprint density at radius 1 is 1.18 bits per heavy atom. The van der Waals surface area contributed by atoms with Crippen LogP contribution in [0, 0.1) is 6.92 Å². The highest BCUT2D eigenvalue weighted by Gasteiger charge is 2.15. The van der Waals surface area contributed by atoms with Gasteiger partial charge >= 0.3 is 0 Å². The Bertz CT molecular complexity index is 990. The summed E-state index contributed by atoms with van der Waals surface area (Å²) in [4.78, 5) is 12.3. The van der Waals surface area contributed by atoms with E-state index in [1.807, 2.05) is 44.2 Å². The van der Waals surface area contributed by atoms with Crippen molar-refractivity contribution in [3.8, 4) is 11.4 Å². The molecule has 0 aliphatic heterocycles.